The van der Waals surface area contributed by atoms with Gasteiger partial charge in [-0.3, -0.25) is 4.79 Å². The van der Waals surface area contributed by atoms with E-state index in [1.165, 1.54) is 10.2 Å². The molecule has 9 heteroatoms. The number of aromatic nitrogens is 2. The molecule has 1 aromatic carbocycles. The van der Waals surface area contributed by atoms with Crippen LogP contribution in [0, 0.1) is 12.8 Å². The zero-order valence-electron chi connectivity index (χ0n) is 16.9. The molecule has 0 radical (unpaired) electrons. The molecule has 0 amide bonds. The van der Waals surface area contributed by atoms with Gasteiger partial charge in [-0.05, 0) is 44.0 Å². The van der Waals surface area contributed by atoms with Gasteiger partial charge in [0.1, 0.15) is 0 Å². The monoisotopic (exact) mass is 428 g/mol. The Hall–Kier alpha value is -2.91. The summed E-state index contributed by atoms with van der Waals surface area (Å²) in [4.78, 5) is 15.9. The molecule has 158 valence electrons. The zero-order valence-corrected chi connectivity index (χ0v) is 17.7. The van der Waals surface area contributed by atoms with Crippen molar-refractivity contribution in [2.45, 2.75) is 24.7 Å². The number of hydrazine groups is 1. The van der Waals surface area contributed by atoms with Crippen LogP contribution < -0.4 is 5.01 Å². The molecule has 2 aromatic heterocycles. The fraction of sp³-hybridized carbons (Fsp3) is 0.333. The molecule has 0 spiro atoms. The molecule has 3 heterocycles. The van der Waals surface area contributed by atoms with Crippen LogP contribution >= 0.6 is 0 Å². The van der Waals surface area contributed by atoms with E-state index >= 15 is 0 Å². The molecule has 1 atom stereocenters. The molecule has 3 aromatic rings. The number of hydrogen-bond donors (Lipinski definition) is 1. The zero-order chi connectivity index (χ0) is 21.5. The Morgan fingerprint density at radius 2 is 1.93 bits per heavy atom. The largest absolute Gasteiger partial charge is 0.481 e. The standard InChI is InChI=1S/C21H24N4O4S/c1-15-5-7-17(8-6-15)30(28,29)25-13-10-18-19(9-11-22-20(18)25)23(2)24-12-3-4-16(14-24)21(26)27/h5-11,13,16H,3-4,12,14H2,1-2H3,(H,26,27). The maximum absolute atomic E-state index is 13.2. The molecule has 8 nitrogen and oxygen atoms in total. The van der Waals surface area contributed by atoms with Crippen molar-refractivity contribution in [2.24, 2.45) is 5.92 Å². The van der Waals surface area contributed by atoms with Crippen LogP contribution in [0.15, 0.2) is 53.7 Å². The molecule has 30 heavy (non-hydrogen) atoms. The topological polar surface area (TPSA) is 95.7 Å². The molecule has 1 fully saturated rings. The first-order valence-corrected chi connectivity index (χ1v) is 11.2. The number of aryl methyl sites for hydroxylation is 1. The van der Waals surface area contributed by atoms with E-state index in [2.05, 4.69) is 4.98 Å². The van der Waals surface area contributed by atoms with E-state index in [4.69, 9.17) is 0 Å². The number of aliphatic carboxylic acids is 1. The smallest absolute Gasteiger partial charge is 0.307 e. The van der Waals surface area contributed by atoms with E-state index in [1.54, 1.807) is 36.5 Å². The number of fused-ring (bicyclic) bond motifs is 1. The third kappa shape index (κ3) is 3.54. The van der Waals surface area contributed by atoms with Crippen molar-refractivity contribution < 1.29 is 18.3 Å². The molecular weight excluding hydrogens is 404 g/mol. The Labute approximate surface area is 175 Å². The first kappa shape index (κ1) is 20.4. The molecule has 0 saturated carbocycles. The van der Waals surface area contributed by atoms with Crippen LogP contribution in [0.4, 0.5) is 5.69 Å². The minimum Gasteiger partial charge on any atom is -0.481 e. The summed E-state index contributed by atoms with van der Waals surface area (Å²) in [5, 5.41) is 14.0. The fourth-order valence-corrected chi connectivity index (χ4v) is 5.19. The second-order valence-corrected chi connectivity index (χ2v) is 9.43. The molecule has 0 aliphatic carbocycles. The number of carbonyl (C=O) groups is 1. The number of carboxylic acid groups (broad SMARTS) is 1. The predicted octanol–water partition coefficient (Wildman–Crippen LogP) is 2.73. The SMILES string of the molecule is Cc1ccc(S(=O)(=O)n2ccc3c(N(C)N4CCCC(C(=O)O)C4)ccnc32)cc1. The average molecular weight is 429 g/mol. The maximum atomic E-state index is 13.2. The molecule has 1 unspecified atom stereocenters. The summed E-state index contributed by atoms with van der Waals surface area (Å²) < 4.78 is 27.5. The van der Waals surface area contributed by atoms with Gasteiger partial charge in [-0.25, -0.2) is 22.4 Å². The van der Waals surface area contributed by atoms with Crippen molar-refractivity contribution in [2.75, 3.05) is 25.1 Å². The van der Waals surface area contributed by atoms with Crippen LogP contribution in [-0.4, -0.2) is 53.6 Å². The van der Waals surface area contributed by atoms with E-state index in [-0.39, 0.29) is 4.90 Å². The fourth-order valence-electron chi connectivity index (χ4n) is 3.88. The summed E-state index contributed by atoms with van der Waals surface area (Å²) in [5.74, 6) is -1.20. The highest BCUT2D eigenvalue weighted by Gasteiger charge is 2.29. The van der Waals surface area contributed by atoms with Crippen LogP contribution in [0.3, 0.4) is 0 Å². The highest BCUT2D eigenvalue weighted by molar-refractivity contribution is 7.90. The number of benzene rings is 1. The van der Waals surface area contributed by atoms with Crippen molar-refractivity contribution in [3.05, 3.63) is 54.4 Å². The van der Waals surface area contributed by atoms with E-state index in [0.717, 1.165) is 24.2 Å². The van der Waals surface area contributed by atoms with E-state index < -0.39 is 21.9 Å². The molecule has 0 bridgehead atoms. The number of pyridine rings is 1. The van der Waals surface area contributed by atoms with Gasteiger partial charge in [0, 0.05) is 37.9 Å². The van der Waals surface area contributed by atoms with E-state index in [0.29, 0.717) is 24.0 Å². The second kappa shape index (κ2) is 7.73. The molecule has 1 aliphatic heterocycles. The van der Waals surface area contributed by atoms with Gasteiger partial charge in [-0.1, -0.05) is 17.7 Å². The highest BCUT2D eigenvalue weighted by Crippen LogP contribution is 2.30. The van der Waals surface area contributed by atoms with Crippen molar-refractivity contribution in [3.8, 4) is 0 Å². The quantitative estimate of drug-likeness (QED) is 0.667. The predicted molar refractivity (Wildman–Crippen MR) is 114 cm³/mol. The molecule has 1 saturated heterocycles. The summed E-state index contributed by atoms with van der Waals surface area (Å²) >= 11 is 0. The van der Waals surface area contributed by atoms with Gasteiger partial charge in [0.25, 0.3) is 10.0 Å². The Bertz CT molecular complexity index is 1190. The Balaban J connectivity index is 1.72. The number of hydrogen-bond acceptors (Lipinski definition) is 6. The van der Waals surface area contributed by atoms with Crippen molar-refractivity contribution in [1.82, 2.24) is 14.0 Å². The van der Waals surface area contributed by atoms with Gasteiger partial charge < -0.3 is 10.1 Å². The van der Waals surface area contributed by atoms with Crippen LogP contribution in [0.2, 0.25) is 0 Å². The van der Waals surface area contributed by atoms with Crippen LogP contribution in [0.25, 0.3) is 11.0 Å². The minimum absolute atomic E-state index is 0.200. The minimum atomic E-state index is -3.78. The number of piperidine rings is 1. The van der Waals surface area contributed by atoms with Crippen LogP contribution in [0.1, 0.15) is 18.4 Å². The lowest BCUT2D eigenvalue weighted by Gasteiger charge is -2.38. The highest BCUT2D eigenvalue weighted by atomic mass is 32.2. The number of nitrogens with zero attached hydrogens (tertiary/aromatic N) is 4. The lowest BCUT2D eigenvalue weighted by atomic mass is 9.99. The Morgan fingerprint density at radius 1 is 1.20 bits per heavy atom. The summed E-state index contributed by atoms with van der Waals surface area (Å²) in [6, 6.07) is 10.3. The third-order valence-corrected chi connectivity index (χ3v) is 7.31. The summed E-state index contributed by atoms with van der Waals surface area (Å²) in [6.45, 7) is 3.06. The van der Waals surface area contributed by atoms with Gasteiger partial charge in [-0.15, -0.1) is 0 Å². The Kier molecular flexibility index (Phi) is 5.25. The van der Waals surface area contributed by atoms with Gasteiger partial charge in [0.15, 0.2) is 5.65 Å². The lowest BCUT2D eigenvalue weighted by molar-refractivity contribution is -0.143. The van der Waals surface area contributed by atoms with Gasteiger partial charge in [0.05, 0.1) is 16.5 Å². The number of carboxylic acids is 1. The summed E-state index contributed by atoms with van der Waals surface area (Å²) in [7, 11) is -1.92. The first-order valence-electron chi connectivity index (χ1n) is 9.79. The van der Waals surface area contributed by atoms with Crippen molar-refractivity contribution >= 4 is 32.7 Å². The van der Waals surface area contributed by atoms with Crippen molar-refractivity contribution in [1.29, 1.82) is 0 Å². The van der Waals surface area contributed by atoms with Gasteiger partial charge >= 0.3 is 5.97 Å². The molecule has 1 N–H and O–H groups in total. The third-order valence-electron chi connectivity index (χ3n) is 5.63. The summed E-state index contributed by atoms with van der Waals surface area (Å²) in [5.41, 5.74) is 2.10. The van der Waals surface area contributed by atoms with Gasteiger partial charge in [0.2, 0.25) is 0 Å². The Morgan fingerprint density at radius 3 is 2.63 bits per heavy atom. The average Bonchev–Trinajstić information content (AvgIpc) is 3.19. The van der Waals surface area contributed by atoms with E-state index in [9.17, 15) is 18.3 Å². The van der Waals surface area contributed by atoms with Gasteiger partial charge in [-0.2, -0.15) is 0 Å². The number of anilines is 1. The molecular formula is C21H24N4O4S. The second-order valence-electron chi connectivity index (χ2n) is 7.61. The molecule has 4 rings (SSSR count). The molecule has 1 aliphatic rings. The summed E-state index contributed by atoms with van der Waals surface area (Å²) in [6.07, 6.45) is 4.54. The van der Waals surface area contributed by atoms with Crippen molar-refractivity contribution in [3.63, 3.8) is 0 Å². The first-order chi connectivity index (χ1) is 14.3. The number of rotatable bonds is 5. The maximum Gasteiger partial charge on any atom is 0.307 e. The van der Waals surface area contributed by atoms with Crippen LogP contribution in [0.5, 0.6) is 0 Å². The van der Waals surface area contributed by atoms with Crippen LogP contribution in [-0.2, 0) is 14.8 Å². The van der Waals surface area contributed by atoms with E-state index in [1.807, 2.05) is 30.1 Å². The normalized spacial score (nSPS) is 17.9. The lowest BCUT2D eigenvalue weighted by Crippen LogP contribution is -2.48.